The predicted molar refractivity (Wildman–Crippen MR) is 130 cm³/mol. The van der Waals surface area contributed by atoms with Crippen molar-refractivity contribution < 1.29 is 19.5 Å². The van der Waals surface area contributed by atoms with Crippen LogP contribution >= 0.6 is 0 Å². The first-order valence-electron chi connectivity index (χ1n) is 11.2. The number of anilines is 1. The van der Waals surface area contributed by atoms with Gasteiger partial charge in [0.2, 0.25) is 11.8 Å². The fourth-order valence-electron chi connectivity index (χ4n) is 4.34. The zero-order valence-electron chi connectivity index (χ0n) is 19.0. The number of nitrogens with zero attached hydrogens (tertiary/aromatic N) is 3. The first-order valence-corrected chi connectivity index (χ1v) is 11.2. The van der Waals surface area contributed by atoms with E-state index in [2.05, 4.69) is 21.0 Å². The van der Waals surface area contributed by atoms with Gasteiger partial charge < -0.3 is 20.3 Å². The molecule has 1 aliphatic rings. The predicted octanol–water partition coefficient (Wildman–Crippen LogP) is 3.05. The molecule has 1 unspecified atom stereocenters. The second-order valence-electron chi connectivity index (χ2n) is 8.48. The summed E-state index contributed by atoms with van der Waals surface area (Å²) in [6.45, 7) is 0.271. The minimum absolute atomic E-state index is 0.0277. The number of amides is 4. The molecule has 1 fully saturated rings. The Labute approximate surface area is 200 Å². The molecule has 1 saturated heterocycles. The number of imide groups is 1. The third-order valence-corrected chi connectivity index (χ3v) is 6.12. The van der Waals surface area contributed by atoms with Gasteiger partial charge in [-0.25, -0.2) is 4.79 Å². The molecular formula is C25H24N6O4. The van der Waals surface area contributed by atoms with E-state index in [4.69, 9.17) is 0 Å². The molecule has 1 atom stereocenters. The third kappa shape index (κ3) is 4.45. The molecule has 4 amide bonds. The maximum Gasteiger partial charge on any atom is 0.319 e. The molecule has 0 saturated carbocycles. The highest BCUT2D eigenvalue weighted by molar-refractivity contribution is 6.00. The van der Waals surface area contributed by atoms with Crippen molar-refractivity contribution in [2.75, 3.05) is 5.32 Å². The van der Waals surface area contributed by atoms with E-state index in [1.54, 1.807) is 29.2 Å². The van der Waals surface area contributed by atoms with Gasteiger partial charge in [-0.2, -0.15) is 5.10 Å². The number of benzene rings is 2. The zero-order valence-corrected chi connectivity index (χ0v) is 19.0. The molecule has 178 valence electrons. The fourth-order valence-corrected chi connectivity index (χ4v) is 4.34. The van der Waals surface area contributed by atoms with Crippen molar-refractivity contribution in [3.8, 4) is 17.1 Å². The number of carbonyl (C=O) groups is 3. The van der Waals surface area contributed by atoms with Crippen molar-refractivity contribution in [3.05, 3.63) is 66.5 Å². The van der Waals surface area contributed by atoms with E-state index in [9.17, 15) is 19.5 Å². The number of aromatic nitrogens is 3. The second kappa shape index (κ2) is 8.98. The maximum atomic E-state index is 12.5. The van der Waals surface area contributed by atoms with Crippen molar-refractivity contribution in [2.45, 2.75) is 25.4 Å². The van der Waals surface area contributed by atoms with Gasteiger partial charge in [-0.05, 0) is 42.3 Å². The SMILES string of the molecule is Cn1nccc1-c1cccc(NC(=O)NCc2ccc3c(O)n(C4CCC(=O)NC4=O)cc3c2)c1. The van der Waals surface area contributed by atoms with Crippen LogP contribution in [0.3, 0.4) is 0 Å². The number of hydrogen-bond donors (Lipinski definition) is 4. The molecule has 1 aliphatic heterocycles. The molecule has 35 heavy (non-hydrogen) atoms. The van der Waals surface area contributed by atoms with Crippen LogP contribution in [0, 0.1) is 0 Å². The summed E-state index contributed by atoms with van der Waals surface area (Å²) in [5.41, 5.74) is 3.36. The lowest BCUT2D eigenvalue weighted by atomic mass is 10.1. The van der Waals surface area contributed by atoms with Crippen molar-refractivity contribution in [2.24, 2.45) is 7.05 Å². The lowest BCUT2D eigenvalue weighted by Gasteiger charge is -2.22. The minimum Gasteiger partial charge on any atom is -0.494 e. The number of aryl methyl sites for hydroxylation is 1. The number of aromatic hydroxyl groups is 1. The van der Waals surface area contributed by atoms with Crippen LogP contribution in [0.5, 0.6) is 5.88 Å². The summed E-state index contributed by atoms with van der Waals surface area (Å²) in [5.74, 6) is -0.763. The van der Waals surface area contributed by atoms with Crippen LogP contribution in [0.25, 0.3) is 22.0 Å². The molecule has 4 N–H and O–H groups in total. The van der Waals surface area contributed by atoms with Crippen molar-refractivity contribution in [1.29, 1.82) is 0 Å². The highest BCUT2D eigenvalue weighted by Gasteiger charge is 2.30. The maximum absolute atomic E-state index is 12.5. The molecule has 10 heteroatoms. The Kier molecular flexibility index (Phi) is 5.69. The topological polar surface area (TPSA) is 130 Å². The van der Waals surface area contributed by atoms with Crippen LogP contribution in [0.4, 0.5) is 10.5 Å². The number of nitrogens with one attached hydrogen (secondary N) is 3. The highest BCUT2D eigenvalue weighted by Crippen LogP contribution is 2.33. The van der Waals surface area contributed by atoms with Gasteiger partial charge >= 0.3 is 6.03 Å². The smallest absolute Gasteiger partial charge is 0.319 e. The normalized spacial score (nSPS) is 15.7. The van der Waals surface area contributed by atoms with Gasteiger partial charge in [0.05, 0.1) is 5.69 Å². The minimum atomic E-state index is -0.644. The average Bonchev–Trinajstić information content (AvgIpc) is 3.41. The van der Waals surface area contributed by atoms with E-state index in [1.807, 2.05) is 43.4 Å². The molecular weight excluding hydrogens is 448 g/mol. The van der Waals surface area contributed by atoms with Gasteiger partial charge in [-0.3, -0.25) is 19.6 Å². The van der Waals surface area contributed by atoms with E-state index in [1.165, 1.54) is 4.57 Å². The Balaban J connectivity index is 1.26. The lowest BCUT2D eigenvalue weighted by Crippen LogP contribution is -2.41. The summed E-state index contributed by atoms with van der Waals surface area (Å²) < 4.78 is 3.26. The molecule has 0 aliphatic carbocycles. The summed E-state index contributed by atoms with van der Waals surface area (Å²) in [4.78, 5) is 36.1. The molecule has 0 radical (unpaired) electrons. The van der Waals surface area contributed by atoms with Crippen molar-refractivity contribution >= 4 is 34.3 Å². The Morgan fingerprint density at radius 2 is 2.06 bits per heavy atom. The summed E-state index contributed by atoms with van der Waals surface area (Å²) in [7, 11) is 1.86. The van der Waals surface area contributed by atoms with Gasteiger partial charge in [0.15, 0.2) is 5.88 Å². The zero-order chi connectivity index (χ0) is 24.5. The first-order chi connectivity index (χ1) is 16.9. The van der Waals surface area contributed by atoms with Gasteiger partial charge in [-0.15, -0.1) is 0 Å². The fraction of sp³-hybridized carbons (Fsp3) is 0.200. The van der Waals surface area contributed by atoms with Gasteiger partial charge in [-0.1, -0.05) is 18.2 Å². The van der Waals surface area contributed by atoms with Crippen LogP contribution in [0.15, 0.2) is 60.9 Å². The average molecular weight is 473 g/mol. The summed E-state index contributed by atoms with van der Waals surface area (Å²) in [6, 6.07) is 13.8. The Morgan fingerprint density at radius 3 is 2.83 bits per heavy atom. The largest absolute Gasteiger partial charge is 0.494 e. The molecule has 2 aromatic heterocycles. The number of rotatable bonds is 5. The Hall–Kier alpha value is -4.60. The first kappa shape index (κ1) is 22.2. The number of hydrogen-bond acceptors (Lipinski definition) is 5. The highest BCUT2D eigenvalue weighted by atomic mass is 16.3. The van der Waals surface area contributed by atoms with Gasteiger partial charge in [0, 0.05) is 54.4 Å². The van der Waals surface area contributed by atoms with E-state index in [0.29, 0.717) is 17.5 Å². The molecule has 4 aromatic rings. The summed E-state index contributed by atoms with van der Waals surface area (Å²) in [5, 5.41) is 24.1. The van der Waals surface area contributed by atoms with Crippen molar-refractivity contribution in [1.82, 2.24) is 25.0 Å². The monoisotopic (exact) mass is 472 g/mol. The van der Waals surface area contributed by atoms with Crippen molar-refractivity contribution in [3.63, 3.8) is 0 Å². The Morgan fingerprint density at radius 1 is 1.20 bits per heavy atom. The molecule has 0 spiro atoms. The molecule has 3 heterocycles. The van der Waals surface area contributed by atoms with E-state index < -0.39 is 11.9 Å². The Bertz CT molecular complexity index is 1450. The second-order valence-corrected chi connectivity index (χ2v) is 8.48. The number of piperidine rings is 1. The number of carbonyl (C=O) groups excluding carboxylic acids is 3. The van der Waals surface area contributed by atoms with Crippen LogP contribution in [-0.2, 0) is 23.2 Å². The molecule has 10 nitrogen and oxygen atoms in total. The summed E-state index contributed by atoms with van der Waals surface area (Å²) in [6.07, 6.45) is 3.96. The molecule has 2 aromatic carbocycles. The molecule has 5 rings (SSSR count). The van der Waals surface area contributed by atoms with E-state index in [0.717, 1.165) is 22.2 Å². The quantitative estimate of drug-likeness (QED) is 0.332. The van der Waals surface area contributed by atoms with Crippen LogP contribution in [0.1, 0.15) is 24.4 Å². The molecule has 0 bridgehead atoms. The van der Waals surface area contributed by atoms with Crippen LogP contribution < -0.4 is 16.0 Å². The van der Waals surface area contributed by atoms with Crippen LogP contribution in [-0.4, -0.2) is 37.3 Å². The van der Waals surface area contributed by atoms with Crippen LogP contribution in [0.2, 0.25) is 0 Å². The number of fused-ring (bicyclic) bond motifs is 1. The number of urea groups is 1. The van der Waals surface area contributed by atoms with Gasteiger partial charge in [0.25, 0.3) is 0 Å². The summed E-state index contributed by atoms with van der Waals surface area (Å²) >= 11 is 0. The standard InChI is InChI=1S/C25H24N6O4/c1-30-20(9-10-27-30)16-3-2-4-18(12-16)28-25(35)26-13-15-5-6-19-17(11-15)14-31(24(19)34)21-7-8-22(32)29-23(21)33/h2-6,9-12,14,21,34H,7-8,13H2,1H3,(H2,26,28,35)(H,29,32,33). The lowest BCUT2D eigenvalue weighted by molar-refractivity contribution is -0.135. The van der Waals surface area contributed by atoms with Gasteiger partial charge in [0.1, 0.15) is 6.04 Å². The third-order valence-electron chi connectivity index (χ3n) is 6.12. The van der Waals surface area contributed by atoms with E-state index >= 15 is 0 Å². The van der Waals surface area contributed by atoms with E-state index in [-0.39, 0.29) is 30.8 Å².